The van der Waals surface area contributed by atoms with Crippen molar-refractivity contribution in [3.8, 4) is 0 Å². The molecule has 20 heavy (non-hydrogen) atoms. The Kier molecular flexibility index (Phi) is 4.35. The zero-order valence-corrected chi connectivity index (χ0v) is 12.9. The fourth-order valence-electron chi connectivity index (χ4n) is 3.54. The molecule has 1 spiro atoms. The van der Waals surface area contributed by atoms with Gasteiger partial charge in [-0.05, 0) is 43.1 Å². The minimum atomic E-state index is 0.0917. The average molecular weight is 296 g/mol. The molecular formula is C14H24N4OS. The Morgan fingerprint density at radius 3 is 3.00 bits per heavy atom. The predicted molar refractivity (Wildman–Crippen MR) is 81.2 cm³/mol. The SMILES string of the molecule is Cn1ccnc1C(NN)C1CCOC2(CCSCC2)C1. The summed E-state index contributed by atoms with van der Waals surface area (Å²) in [7, 11) is 2.03. The molecule has 2 aliphatic rings. The lowest BCUT2D eigenvalue weighted by Gasteiger charge is -2.45. The fraction of sp³-hybridized carbons (Fsp3) is 0.786. The summed E-state index contributed by atoms with van der Waals surface area (Å²) in [6.07, 6.45) is 8.31. The minimum absolute atomic E-state index is 0.0917. The van der Waals surface area contributed by atoms with Gasteiger partial charge in [0.1, 0.15) is 5.82 Å². The normalized spacial score (nSPS) is 27.6. The molecule has 2 unspecified atom stereocenters. The van der Waals surface area contributed by atoms with Crippen molar-refractivity contribution in [1.82, 2.24) is 15.0 Å². The Morgan fingerprint density at radius 1 is 1.55 bits per heavy atom. The van der Waals surface area contributed by atoms with Crippen LogP contribution in [0.15, 0.2) is 12.4 Å². The highest BCUT2D eigenvalue weighted by atomic mass is 32.2. The second kappa shape index (κ2) is 6.05. The third kappa shape index (κ3) is 2.74. The van der Waals surface area contributed by atoms with E-state index in [1.807, 2.05) is 31.2 Å². The maximum absolute atomic E-state index is 6.17. The smallest absolute Gasteiger partial charge is 0.127 e. The van der Waals surface area contributed by atoms with Gasteiger partial charge in [-0.25, -0.2) is 10.4 Å². The Morgan fingerprint density at radius 2 is 2.35 bits per heavy atom. The van der Waals surface area contributed by atoms with Gasteiger partial charge in [-0.2, -0.15) is 11.8 Å². The Balaban J connectivity index is 1.76. The number of rotatable bonds is 3. The summed E-state index contributed by atoms with van der Waals surface area (Å²) in [6.45, 7) is 0.845. The maximum atomic E-state index is 6.17. The number of nitrogens with zero attached hydrogens (tertiary/aromatic N) is 2. The number of nitrogens with one attached hydrogen (secondary N) is 1. The molecule has 6 heteroatoms. The van der Waals surface area contributed by atoms with Gasteiger partial charge in [0.15, 0.2) is 0 Å². The molecule has 2 atom stereocenters. The van der Waals surface area contributed by atoms with Crippen LogP contribution in [0, 0.1) is 5.92 Å². The van der Waals surface area contributed by atoms with Gasteiger partial charge in [0.25, 0.3) is 0 Å². The van der Waals surface area contributed by atoms with E-state index in [9.17, 15) is 0 Å². The largest absolute Gasteiger partial charge is 0.375 e. The van der Waals surface area contributed by atoms with Crippen LogP contribution >= 0.6 is 11.8 Å². The van der Waals surface area contributed by atoms with Gasteiger partial charge in [0, 0.05) is 26.0 Å². The third-order valence-corrected chi connectivity index (χ3v) is 5.71. The van der Waals surface area contributed by atoms with Crippen LogP contribution in [0.5, 0.6) is 0 Å². The number of hydrazine groups is 1. The molecule has 5 nitrogen and oxygen atoms in total. The molecule has 3 rings (SSSR count). The summed E-state index contributed by atoms with van der Waals surface area (Å²) in [5, 5.41) is 0. The molecule has 3 heterocycles. The summed E-state index contributed by atoms with van der Waals surface area (Å²) < 4.78 is 8.23. The first-order valence-corrected chi connectivity index (χ1v) is 8.55. The highest BCUT2D eigenvalue weighted by Crippen LogP contribution is 2.43. The van der Waals surface area contributed by atoms with Crippen LogP contribution in [-0.2, 0) is 11.8 Å². The van der Waals surface area contributed by atoms with Crippen molar-refractivity contribution >= 4 is 11.8 Å². The first kappa shape index (κ1) is 14.4. The molecule has 0 aliphatic carbocycles. The quantitative estimate of drug-likeness (QED) is 0.655. The molecule has 3 N–H and O–H groups in total. The standard InChI is InChI=1S/C14H24N4OS/c1-18-6-5-16-13(18)12(17-15)11-2-7-19-14(10-11)3-8-20-9-4-14/h5-6,11-12,17H,2-4,7-10,15H2,1H3. The van der Waals surface area contributed by atoms with Crippen LogP contribution in [0.1, 0.15) is 37.5 Å². The van der Waals surface area contributed by atoms with Crippen LogP contribution in [0.4, 0.5) is 0 Å². The predicted octanol–water partition coefficient (Wildman–Crippen LogP) is 1.62. The molecule has 0 amide bonds. The van der Waals surface area contributed by atoms with E-state index < -0.39 is 0 Å². The molecule has 0 saturated carbocycles. The summed E-state index contributed by atoms with van der Waals surface area (Å²) in [6, 6.07) is 0.116. The molecule has 0 aromatic carbocycles. The number of ether oxygens (including phenoxy) is 1. The van der Waals surface area contributed by atoms with Gasteiger partial charge >= 0.3 is 0 Å². The molecule has 1 aromatic heterocycles. The number of imidazole rings is 1. The molecule has 2 saturated heterocycles. The first-order valence-electron chi connectivity index (χ1n) is 7.39. The lowest BCUT2D eigenvalue weighted by atomic mass is 9.78. The number of aryl methyl sites for hydroxylation is 1. The summed E-state index contributed by atoms with van der Waals surface area (Å²) in [5.41, 5.74) is 3.08. The average Bonchev–Trinajstić information content (AvgIpc) is 2.87. The molecule has 0 radical (unpaired) electrons. The van der Waals surface area contributed by atoms with Crippen molar-refractivity contribution in [2.24, 2.45) is 18.8 Å². The third-order valence-electron chi connectivity index (χ3n) is 4.72. The van der Waals surface area contributed by atoms with Gasteiger partial charge < -0.3 is 9.30 Å². The fourth-order valence-corrected chi connectivity index (χ4v) is 4.78. The van der Waals surface area contributed by atoms with E-state index in [1.54, 1.807) is 0 Å². The zero-order chi connectivity index (χ0) is 14.0. The van der Waals surface area contributed by atoms with E-state index in [4.69, 9.17) is 10.6 Å². The topological polar surface area (TPSA) is 65.1 Å². The highest BCUT2D eigenvalue weighted by Gasteiger charge is 2.41. The van der Waals surface area contributed by atoms with Gasteiger partial charge in [-0.1, -0.05) is 0 Å². The first-order chi connectivity index (χ1) is 9.74. The minimum Gasteiger partial charge on any atom is -0.375 e. The number of hydrogen-bond donors (Lipinski definition) is 2. The molecule has 2 fully saturated rings. The van der Waals surface area contributed by atoms with Crippen LogP contribution in [0.3, 0.4) is 0 Å². The number of nitrogens with two attached hydrogens (primary N) is 1. The number of aromatic nitrogens is 2. The van der Waals surface area contributed by atoms with E-state index in [1.165, 1.54) is 24.3 Å². The maximum Gasteiger partial charge on any atom is 0.127 e. The van der Waals surface area contributed by atoms with E-state index in [-0.39, 0.29) is 11.6 Å². The van der Waals surface area contributed by atoms with Crippen molar-refractivity contribution in [3.05, 3.63) is 18.2 Å². The Hall–Kier alpha value is -0.560. The van der Waals surface area contributed by atoms with Crippen LogP contribution in [0.25, 0.3) is 0 Å². The molecular weight excluding hydrogens is 272 g/mol. The van der Waals surface area contributed by atoms with E-state index in [0.717, 1.165) is 25.3 Å². The van der Waals surface area contributed by atoms with Crippen molar-refractivity contribution in [1.29, 1.82) is 0 Å². The lowest BCUT2D eigenvalue weighted by molar-refractivity contribution is -0.108. The second-order valence-electron chi connectivity index (χ2n) is 5.94. The second-order valence-corrected chi connectivity index (χ2v) is 7.16. The Labute approximate surface area is 124 Å². The summed E-state index contributed by atoms with van der Waals surface area (Å²) in [5.74, 6) is 9.80. The van der Waals surface area contributed by atoms with E-state index in [0.29, 0.717) is 5.92 Å². The summed E-state index contributed by atoms with van der Waals surface area (Å²) >= 11 is 2.04. The lowest BCUT2D eigenvalue weighted by Crippen LogP contribution is -2.47. The van der Waals surface area contributed by atoms with Crippen LogP contribution in [0.2, 0.25) is 0 Å². The Bertz CT molecular complexity index is 439. The van der Waals surface area contributed by atoms with Gasteiger partial charge in [-0.15, -0.1) is 0 Å². The monoisotopic (exact) mass is 296 g/mol. The molecule has 112 valence electrons. The number of hydrogen-bond acceptors (Lipinski definition) is 5. The highest BCUT2D eigenvalue weighted by molar-refractivity contribution is 7.99. The zero-order valence-electron chi connectivity index (χ0n) is 12.0. The van der Waals surface area contributed by atoms with Crippen molar-refractivity contribution < 1.29 is 4.74 Å². The van der Waals surface area contributed by atoms with Crippen molar-refractivity contribution in [2.45, 2.75) is 37.3 Å². The molecule has 1 aromatic rings. The van der Waals surface area contributed by atoms with Crippen LogP contribution < -0.4 is 11.3 Å². The molecule has 2 aliphatic heterocycles. The van der Waals surface area contributed by atoms with Gasteiger partial charge in [0.2, 0.25) is 0 Å². The van der Waals surface area contributed by atoms with Gasteiger partial charge in [-0.3, -0.25) is 5.84 Å². The van der Waals surface area contributed by atoms with E-state index >= 15 is 0 Å². The molecule has 0 bridgehead atoms. The number of thioether (sulfide) groups is 1. The van der Waals surface area contributed by atoms with E-state index in [2.05, 4.69) is 15.0 Å². The van der Waals surface area contributed by atoms with Crippen LogP contribution in [-0.4, -0.2) is 33.3 Å². The van der Waals surface area contributed by atoms with Gasteiger partial charge in [0.05, 0.1) is 11.6 Å². The van der Waals surface area contributed by atoms with Crippen molar-refractivity contribution in [3.63, 3.8) is 0 Å². The summed E-state index contributed by atoms with van der Waals surface area (Å²) in [4.78, 5) is 4.47. The van der Waals surface area contributed by atoms with Crippen molar-refractivity contribution in [2.75, 3.05) is 18.1 Å².